The zero-order valence-corrected chi connectivity index (χ0v) is 8.53. The SMILES string of the molecule is CC(C)NC(=O)[C@H](N)c1ccccc1. The summed E-state index contributed by atoms with van der Waals surface area (Å²) in [7, 11) is 0. The van der Waals surface area contributed by atoms with Gasteiger partial charge in [-0.2, -0.15) is 0 Å². The number of benzene rings is 1. The molecule has 0 saturated heterocycles. The highest BCUT2D eigenvalue weighted by Gasteiger charge is 2.15. The van der Waals surface area contributed by atoms with Crippen LogP contribution in [0.15, 0.2) is 30.3 Å². The zero-order valence-electron chi connectivity index (χ0n) is 8.53. The molecule has 14 heavy (non-hydrogen) atoms. The first-order chi connectivity index (χ1) is 6.61. The molecule has 0 radical (unpaired) electrons. The second kappa shape index (κ2) is 4.77. The molecule has 0 saturated carbocycles. The summed E-state index contributed by atoms with van der Waals surface area (Å²) in [5, 5.41) is 2.78. The van der Waals surface area contributed by atoms with Crippen LogP contribution in [0.5, 0.6) is 0 Å². The van der Waals surface area contributed by atoms with Gasteiger partial charge in [-0.1, -0.05) is 30.3 Å². The van der Waals surface area contributed by atoms with Crippen molar-refractivity contribution in [2.45, 2.75) is 25.9 Å². The van der Waals surface area contributed by atoms with Gasteiger partial charge in [-0.15, -0.1) is 0 Å². The molecule has 0 aliphatic carbocycles. The van der Waals surface area contributed by atoms with E-state index in [1.165, 1.54) is 0 Å². The molecule has 76 valence electrons. The van der Waals surface area contributed by atoms with Crippen LogP contribution in [0.3, 0.4) is 0 Å². The lowest BCUT2D eigenvalue weighted by Gasteiger charge is -2.14. The maximum Gasteiger partial charge on any atom is 0.241 e. The number of nitrogens with one attached hydrogen (secondary N) is 1. The number of rotatable bonds is 3. The summed E-state index contributed by atoms with van der Waals surface area (Å²) in [6, 6.07) is 8.90. The van der Waals surface area contributed by atoms with Gasteiger partial charge in [0.1, 0.15) is 6.04 Å². The minimum atomic E-state index is -0.571. The summed E-state index contributed by atoms with van der Waals surface area (Å²) in [5.41, 5.74) is 6.61. The highest BCUT2D eigenvalue weighted by molar-refractivity contribution is 5.83. The van der Waals surface area contributed by atoms with Crippen molar-refractivity contribution in [1.29, 1.82) is 0 Å². The molecule has 0 bridgehead atoms. The number of carbonyl (C=O) groups is 1. The van der Waals surface area contributed by atoms with E-state index in [0.717, 1.165) is 5.56 Å². The molecule has 1 aromatic rings. The lowest BCUT2D eigenvalue weighted by atomic mass is 10.1. The van der Waals surface area contributed by atoms with Crippen LogP contribution in [-0.2, 0) is 4.79 Å². The molecule has 0 aliphatic rings. The van der Waals surface area contributed by atoms with Gasteiger partial charge in [-0.3, -0.25) is 4.79 Å². The van der Waals surface area contributed by atoms with Crippen molar-refractivity contribution in [2.75, 3.05) is 0 Å². The Morgan fingerprint density at radius 1 is 1.29 bits per heavy atom. The first-order valence-electron chi connectivity index (χ1n) is 4.72. The smallest absolute Gasteiger partial charge is 0.241 e. The molecule has 1 atom stereocenters. The molecule has 3 nitrogen and oxygen atoms in total. The van der Waals surface area contributed by atoms with Crippen molar-refractivity contribution in [1.82, 2.24) is 5.32 Å². The van der Waals surface area contributed by atoms with Gasteiger partial charge >= 0.3 is 0 Å². The highest BCUT2D eigenvalue weighted by Crippen LogP contribution is 2.09. The standard InChI is InChI=1S/C11H16N2O/c1-8(2)13-11(14)10(12)9-6-4-3-5-7-9/h3-8,10H,12H2,1-2H3,(H,13,14)/t10-/m1/s1. The molecule has 1 aromatic carbocycles. The maximum absolute atomic E-state index is 11.5. The topological polar surface area (TPSA) is 55.1 Å². The zero-order chi connectivity index (χ0) is 10.6. The Morgan fingerprint density at radius 3 is 2.36 bits per heavy atom. The third kappa shape index (κ3) is 2.85. The molecule has 0 aliphatic heterocycles. The van der Waals surface area contributed by atoms with Gasteiger partial charge in [0.15, 0.2) is 0 Å². The fourth-order valence-corrected chi connectivity index (χ4v) is 1.19. The van der Waals surface area contributed by atoms with Crippen LogP contribution in [0.4, 0.5) is 0 Å². The van der Waals surface area contributed by atoms with Crippen LogP contribution in [0.1, 0.15) is 25.5 Å². The Kier molecular flexibility index (Phi) is 3.65. The van der Waals surface area contributed by atoms with E-state index in [1.807, 2.05) is 44.2 Å². The fourth-order valence-electron chi connectivity index (χ4n) is 1.19. The van der Waals surface area contributed by atoms with Crippen molar-refractivity contribution in [3.63, 3.8) is 0 Å². The van der Waals surface area contributed by atoms with Crippen LogP contribution in [0.2, 0.25) is 0 Å². The Balaban J connectivity index is 2.66. The van der Waals surface area contributed by atoms with Gasteiger partial charge in [-0.25, -0.2) is 0 Å². The summed E-state index contributed by atoms with van der Waals surface area (Å²) in [6.45, 7) is 3.82. The summed E-state index contributed by atoms with van der Waals surface area (Å²) < 4.78 is 0. The summed E-state index contributed by atoms with van der Waals surface area (Å²) in [5.74, 6) is -0.133. The quantitative estimate of drug-likeness (QED) is 0.756. The number of carbonyl (C=O) groups excluding carboxylic acids is 1. The third-order valence-electron chi connectivity index (χ3n) is 1.87. The van der Waals surface area contributed by atoms with Crippen LogP contribution < -0.4 is 11.1 Å². The van der Waals surface area contributed by atoms with Crippen molar-refractivity contribution >= 4 is 5.91 Å². The van der Waals surface area contributed by atoms with E-state index < -0.39 is 6.04 Å². The summed E-state index contributed by atoms with van der Waals surface area (Å²) >= 11 is 0. The minimum Gasteiger partial charge on any atom is -0.352 e. The third-order valence-corrected chi connectivity index (χ3v) is 1.87. The molecule has 0 fully saturated rings. The maximum atomic E-state index is 11.5. The second-order valence-corrected chi connectivity index (χ2v) is 3.55. The predicted octanol–water partition coefficient (Wildman–Crippen LogP) is 1.21. The second-order valence-electron chi connectivity index (χ2n) is 3.55. The van der Waals surface area contributed by atoms with Crippen molar-refractivity contribution in [3.8, 4) is 0 Å². The summed E-state index contributed by atoms with van der Waals surface area (Å²) in [6.07, 6.45) is 0. The molecule has 3 heteroatoms. The largest absolute Gasteiger partial charge is 0.352 e. The Labute approximate surface area is 84.3 Å². The van der Waals surface area contributed by atoms with Gasteiger partial charge in [0.25, 0.3) is 0 Å². The van der Waals surface area contributed by atoms with Crippen LogP contribution in [-0.4, -0.2) is 11.9 Å². The molecular formula is C11H16N2O. The lowest BCUT2D eigenvalue weighted by Crippen LogP contribution is -2.38. The Bertz CT molecular complexity index is 295. The van der Waals surface area contributed by atoms with Crippen LogP contribution in [0, 0.1) is 0 Å². The van der Waals surface area contributed by atoms with Crippen LogP contribution in [0.25, 0.3) is 0 Å². The van der Waals surface area contributed by atoms with Gasteiger partial charge in [0, 0.05) is 6.04 Å². The average molecular weight is 192 g/mol. The van der Waals surface area contributed by atoms with E-state index in [9.17, 15) is 4.79 Å². The number of amides is 1. The molecule has 0 spiro atoms. The van der Waals surface area contributed by atoms with Crippen molar-refractivity contribution < 1.29 is 4.79 Å². The first kappa shape index (κ1) is 10.7. The van der Waals surface area contributed by atoms with Gasteiger partial charge in [0.05, 0.1) is 0 Å². The minimum absolute atomic E-state index is 0.122. The first-order valence-corrected chi connectivity index (χ1v) is 4.72. The summed E-state index contributed by atoms with van der Waals surface area (Å²) in [4.78, 5) is 11.5. The normalized spacial score (nSPS) is 12.6. The average Bonchev–Trinajstić information content (AvgIpc) is 2.17. The number of hydrogen-bond acceptors (Lipinski definition) is 2. The van der Waals surface area contributed by atoms with E-state index in [4.69, 9.17) is 5.73 Å². The monoisotopic (exact) mass is 192 g/mol. The Morgan fingerprint density at radius 2 is 1.86 bits per heavy atom. The van der Waals surface area contributed by atoms with Gasteiger partial charge < -0.3 is 11.1 Å². The molecule has 3 N–H and O–H groups in total. The van der Waals surface area contributed by atoms with E-state index in [-0.39, 0.29) is 11.9 Å². The van der Waals surface area contributed by atoms with E-state index in [0.29, 0.717) is 0 Å². The van der Waals surface area contributed by atoms with Crippen molar-refractivity contribution in [2.24, 2.45) is 5.73 Å². The molecule has 0 unspecified atom stereocenters. The van der Waals surface area contributed by atoms with Crippen molar-refractivity contribution in [3.05, 3.63) is 35.9 Å². The van der Waals surface area contributed by atoms with Gasteiger partial charge in [-0.05, 0) is 19.4 Å². The van der Waals surface area contributed by atoms with E-state index in [2.05, 4.69) is 5.32 Å². The van der Waals surface area contributed by atoms with E-state index >= 15 is 0 Å². The lowest BCUT2D eigenvalue weighted by molar-refractivity contribution is -0.122. The molecule has 0 heterocycles. The highest BCUT2D eigenvalue weighted by atomic mass is 16.2. The molecule has 0 aromatic heterocycles. The molecule has 1 amide bonds. The van der Waals surface area contributed by atoms with Crippen LogP contribution >= 0.6 is 0 Å². The number of nitrogens with two attached hydrogens (primary N) is 1. The predicted molar refractivity (Wildman–Crippen MR) is 56.6 cm³/mol. The van der Waals surface area contributed by atoms with E-state index in [1.54, 1.807) is 0 Å². The van der Waals surface area contributed by atoms with Gasteiger partial charge in [0.2, 0.25) is 5.91 Å². The fraction of sp³-hybridized carbons (Fsp3) is 0.364. The molecular weight excluding hydrogens is 176 g/mol. The molecule has 1 rings (SSSR count). The number of hydrogen-bond donors (Lipinski definition) is 2. The Hall–Kier alpha value is -1.35.